The van der Waals surface area contributed by atoms with Crippen molar-refractivity contribution in [3.05, 3.63) is 60.8 Å². The summed E-state index contributed by atoms with van der Waals surface area (Å²) in [6.07, 6.45) is 63.2. The fourth-order valence-electron chi connectivity index (χ4n) is 7.65. The van der Waals surface area contributed by atoms with Crippen LogP contribution in [0.2, 0.25) is 0 Å². The number of likely N-dealkylation sites (N-methyl/N-ethyl adjacent to an activating group) is 1. The van der Waals surface area contributed by atoms with E-state index < -0.39 is 26.6 Å². The number of carbonyl (C=O) groups is 1. The first-order valence-corrected chi connectivity index (χ1v) is 28.6. The van der Waals surface area contributed by atoms with Crippen LogP contribution >= 0.6 is 7.82 Å². The van der Waals surface area contributed by atoms with Gasteiger partial charge in [0.15, 0.2) is 0 Å². The molecule has 0 heterocycles. The Labute approximate surface area is 402 Å². The minimum atomic E-state index is -4.60. The number of phosphoric ester groups is 1. The minimum Gasteiger partial charge on any atom is -0.756 e. The van der Waals surface area contributed by atoms with E-state index in [1.165, 1.54) is 167 Å². The van der Waals surface area contributed by atoms with Crippen LogP contribution in [0.3, 0.4) is 0 Å². The van der Waals surface area contributed by atoms with Crippen LogP contribution in [0.1, 0.15) is 239 Å². The smallest absolute Gasteiger partial charge is 0.268 e. The van der Waals surface area contributed by atoms with Crippen LogP contribution in [0.25, 0.3) is 0 Å². The van der Waals surface area contributed by atoms with Crippen molar-refractivity contribution in [3.8, 4) is 0 Å². The third kappa shape index (κ3) is 49.9. The van der Waals surface area contributed by atoms with Crippen molar-refractivity contribution in [2.75, 3.05) is 40.9 Å². The van der Waals surface area contributed by atoms with Gasteiger partial charge in [-0.3, -0.25) is 9.36 Å². The fraction of sp³-hybridized carbons (Fsp3) is 0.804. The van der Waals surface area contributed by atoms with Gasteiger partial charge in [0.2, 0.25) is 5.91 Å². The molecule has 0 saturated carbocycles. The monoisotopic (exact) mass is 933 g/mol. The Morgan fingerprint density at radius 3 is 1.37 bits per heavy atom. The van der Waals surface area contributed by atoms with E-state index in [0.717, 1.165) is 51.4 Å². The number of quaternary nitrogens is 1. The summed E-state index contributed by atoms with van der Waals surface area (Å²) in [6.45, 7) is 4.58. The van der Waals surface area contributed by atoms with E-state index in [1.54, 1.807) is 6.08 Å². The molecule has 0 aromatic heterocycles. The third-order valence-electron chi connectivity index (χ3n) is 11.9. The molecule has 1 amide bonds. The molecule has 3 atom stereocenters. The predicted octanol–water partition coefficient (Wildman–Crippen LogP) is 15.5. The molecule has 0 aliphatic carbocycles. The second-order valence-corrected chi connectivity index (χ2v) is 21.0. The van der Waals surface area contributed by atoms with E-state index >= 15 is 0 Å². The van der Waals surface area contributed by atoms with Gasteiger partial charge in [-0.1, -0.05) is 222 Å². The van der Waals surface area contributed by atoms with Crippen LogP contribution in [-0.4, -0.2) is 68.5 Å². The Kier molecular flexibility index (Phi) is 46.0. The molecular weight excluding hydrogens is 828 g/mol. The number of nitrogens with zero attached hydrogens (tertiary/aromatic N) is 1. The maximum Gasteiger partial charge on any atom is 0.268 e. The molecule has 0 aliphatic rings. The van der Waals surface area contributed by atoms with Crippen LogP contribution in [0.5, 0.6) is 0 Å². The minimum absolute atomic E-state index is 0.00725. The topological polar surface area (TPSA) is 108 Å². The molecule has 2 N–H and O–H groups in total. The standard InChI is InChI=1S/C56H105N2O6P/c1-6-8-10-12-14-16-18-19-20-21-22-23-24-25-26-27-28-29-30-31-32-33-34-35-36-37-38-39-40-42-44-46-48-50-56(60)57-54(53-64-65(61,62)63-52-51-58(3,4)5)55(59)49-47-45-43-41-17-15-13-11-9-7-2/h17-19,21-22,24-25,41,47,49,54-55,59H,6-16,20,23,26-40,42-46,48,50-53H2,1-5H3,(H-,57,60,61,62)/b19-18-,22-21-,25-24-,41-17+,49-47+. The van der Waals surface area contributed by atoms with Crippen molar-refractivity contribution >= 4 is 13.7 Å². The first-order valence-electron chi connectivity index (χ1n) is 27.2. The maximum absolute atomic E-state index is 12.9. The lowest BCUT2D eigenvalue weighted by atomic mass is 10.0. The number of unbranched alkanes of at least 4 members (excludes halogenated alkanes) is 28. The van der Waals surface area contributed by atoms with Gasteiger partial charge in [0.1, 0.15) is 13.2 Å². The average molecular weight is 933 g/mol. The van der Waals surface area contributed by atoms with Crippen molar-refractivity contribution < 1.29 is 32.9 Å². The van der Waals surface area contributed by atoms with Gasteiger partial charge in [0.25, 0.3) is 7.82 Å². The van der Waals surface area contributed by atoms with Gasteiger partial charge in [0, 0.05) is 6.42 Å². The van der Waals surface area contributed by atoms with E-state index in [9.17, 15) is 19.4 Å². The molecule has 0 aromatic carbocycles. The summed E-state index contributed by atoms with van der Waals surface area (Å²) >= 11 is 0. The number of allylic oxidation sites excluding steroid dienone is 9. The Bertz CT molecular complexity index is 1240. The van der Waals surface area contributed by atoms with Crippen LogP contribution in [-0.2, 0) is 18.4 Å². The van der Waals surface area contributed by atoms with Crippen LogP contribution in [0, 0.1) is 0 Å². The van der Waals surface area contributed by atoms with Gasteiger partial charge in [-0.15, -0.1) is 0 Å². The molecule has 0 saturated heterocycles. The average Bonchev–Trinajstić information content (AvgIpc) is 3.26. The number of amides is 1. The highest BCUT2D eigenvalue weighted by Crippen LogP contribution is 2.38. The number of nitrogens with one attached hydrogen (secondary N) is 1. The molecule has 3 unspecified atom stereocenters. The van der Waals surface area contributed by atoms with E-state index in [-0.39, 0.29) is 12.5 Å². The molecular formula is C56H105N2O6P. The zero-order valence-electron chi connectivity index (χ0n) is 43.2. The van der Waals surface area contributed by atoms with Crippen LogP contribution in [0.4, 0.5) is 0 Å². The molecule has 0 rings (SSSR count). The summed E-state index contributed by atoms with van der Waals surface area (Å²) in [5.41, 5.74) is 0. The van der Waals surface area contributed by atoms with Gasteiger partial charge < -0.3 is 28.8 Å². The Hall–Kier alpha value is -1.80. The molecule has 0 fully saturated rings. The Balaban J connectivity index is 3.99. The van der Waals surface area contributed by atoms with E-state index in [4.69, 9.17) is 9.05 Å². The van der Waals surface area contributed by atoms with Gasteiger partial charge >= 0.3 is 0 Å². The summed E-state index contributed by atoms with van der Waals surface area (Å²) in [6, 6.07) is -0.902. The van der Waals surface area contributed by atoms with Crippen molar-refractivity contribution in [1.29, 1.82) is 0 Å². The molecule has 380 valence electrons. The number of aliphatic hydroxyl groups is 1. The quantitative estimate of drug-likeness (QED) is 0.0272. The lowest BCUT2D eigenvalue weighted by Gasteiger charge is -2.29. The molecule has 0 spiro atoms. The van der Waals surface area contributed by atoms with Crippen molar-refractivity contribution in [3.63, 3.8) is 0 Å². The number of rotatable bonds is 49. The lowest BCUT2D eigenvalue weighted by molar-refractivity contribution is -0.870. The second-order valence-electron chi connectivity index (χ2n) is 19.6. The maximum atomic E-state index is 12.9. The molecule has 0 aliphatic heterocycles. The highest BCUT2D eigenvalue weighted by atomic mass is 31.2. The van der Waals surface area contributed by atoms with E-state index in [0.29, 0.717) is 17.4 Å². The SMILES string of the molecule is CCCCCC/C=C/CC/C=C/C(O)C(COP(=O)([O-])OCC[N+](C)(C)C)NC(=O)CCCCCCCCCCCCCCCCCCCC/C=C\C/C=C\C/C=C\CCCCCCC. The third-order valence-corrected chi connectivity index (χ3v) is 12.9. The van der Waals surface area contributed by atoms with Crippen molar-refractivity contribution in [2.45, 2.75) is 251 Å². The molecule has 9 heteroatoms. The Morgan fingerprint density at radius 2 is 0.908 bits per heavy atom. The summed E-state index contributed by atoms with van der Waals surface area (Å²) in [4.78, 5) is 25.3. The summed E-state index contributed by atoms with van der Waals surface area (Å²) in [5.74, 6) is -0.209. The molecule has 0 radical (unpaired) electrons. The molecule has 65 heavy (non-hydrogen) atoms. The summed E-state index contributed by atoms with van der Waals surface area (Å²) < 4.78 is 23.2. The molecule has 0 aromatic rings. The van der Waals surface area contributed by atoms with Crippen LogP contribution in [0.15, 0.2) is 60.8 Å². The molecule has 0 bridgehead atoms. The fourth-order valence-corrected chi connectivity index (χ4v) is 8.37. The number of hydrogen-bond donors (Lipinski definition) is 2. The number of hydrogen-bond acceptors (Lipinski definition) is 6. The van der Waals surface area contributed by atoms with E-state index in [1.807, 2.05) is 27.2 Å². The van der Waals surface area contributed by atoms with Crippen molar-refractivity contribution in [2.24, 2.45) is 0 Å². The normalized spacial score (nSPS) is 14.5. The Morgan fingerprint density at radius 1 is 0.538 bits per heavy atom. The zero-order chi connectivity index (χ0) is 47.8. The number of aliphatic hydroxyl groups excluding tert-OH is 1. The highest BCUT2D eigenvalue weighted by Gasteiger charge is 2.23. The van der Waals surface area contributed by atoms with Gasteiger partial charge in [0.05, 0.1) is 39.9 Å². The number of phosphoric acid groups is 1. The first-order chi connectivity index (χ1) is 31.5. The highest BCUT2D eigenvalue weighted by molar-refractivity contribution is 7.45. The van der Waals surface area contributed by atoms with Gasteiger partial charge in [-0.2, -0.15) is 0 Å². The lowest BCUT2D eigenvalue weighted by Crippen LogP contribution is -2.45. The number of carbonyl (C=O) groups excluding carboxylic acids is 1. The van der Waals surface area contributed by atoms with E-state index in [2.05, 4.69) is 67.8 Å². The van der Waals surface area contributed by atoms with Gasteiger partial charge in [-0.25, -0.2) is 0 Å². The molecule has 8 nitrogen and oxygen atoms in total. The predicted molar refractivity (Wildman–Crippen MR) is 279 cm³/mol. The largest absolute Gasteiger partial charge is 0.756 e. The summed E-state index contributed by atoms with van der Waals surface area (Å²) in [7, 11) is 1.24. The van der Waals surface area contributed by atoms with Crippen molar-refractivity contribution in [1.82, 2.24) is 5.32 Å². The second kappa shape index (κ2) is 47.3. The van der Waals surface area contributed by atoms with Crippen LogP contribution < -0.4 is 10.2 Å². The first kappa shape index (κ1) is 63.2. The van der Waals surface area contributed by atoms with Gasteiger partial charge in [-0.05, 0) is 70.6 Å². The summed E-state index contributed by atoms with van der Waals surface area (Å²) in [5, 5.41) is 13.7. The zero-order valence-corrected chi connectivity index (χ0v) is 44.1.